The molecule has 0 spiro atoms. The van der Waals surface area contributed by atoms with Crippen LogP contribution in [-0.4, -0.2) is 0 Å². The monoisotopic (exact) mass is 262 g/mol. The molecule has 0 aromatic heterocycles. The molecule has 0 N–H and O–H groups in total. The fraction of sp³-hybridized carbons (Fsp3) is 0.600. The van der Waals surface area contributed by atoms with E-state index in [1.165, 1.54) is 16.4 Å². The number of hydrogen-bond acceptors (Lipinski definition) is 0. The lowest BCUT2D eigenvalue weighted by Gasteiger charge is -2.24. The van der Waals surface area contributed by atoms with E-state index in [4.69, 9.17) is 0 Å². The zero-order valence-electron chi connectivity index (χ0n) is 7.45. The van der Waals surface area contributed by atoms with Crippen LogP contribution in [0.3, 0.4) is 0 Å². The van der Waals surface area contributed by atoms with Gasteiger partial charge in [-0.25, -0.2) is 0 Å². The van der Waals surface area contributed by atoms with E-state index >= 15 is 0 Å². The molecule has 0 unspecified atom stereocenters. The Morgan fingerprint density at radius 1 is 1.18 bits per heavy atom. The minimum absolute atomic E-state index is 0.369. The third kappa shape index (κ3) is 2.62. The van der Waals surface area contributed by atoms with Crippen molar-refractivity contribution in [2.45, 2.75) is 33.6 Å². The second kappa shape index (κ2) is 3.30. The highest BCUT2D eigenvalue weighted by Gasteiger charge is 2.17. The van der Waals surface area contributed by atoms with E-state index < -0.39 is 0 Å². The van der Waals surface area contributed by atoms with Crippen molar-refractivity contribution < 1.29 is 0 Å². The number of halogens is 1. The minimum atomic E-state index is 0.369. The summed E-state index contributed by atoms with van der Waals surface area (Å²) in [5.74, 6) is 0. The van der Waals surface area contributed by atoms with E-state index in [1.807, 2.05) is 0 Å². The summed E-state index contributed by atoms with van der Waals surface area (Å²) in [5.41, 5.74) is 1.95. The fourth-order valence-corrected chi connectivity index (χ4v) is 1.69. The SMILES string of the molecule is CC(C)(C)C1=CC=C(I)CC1. The van der Waals surface area contributed by atoms with Crippen LogP contribution in [0.15, 0.2) is 21.3 Å². The lowest BCUT2D eigenvalue weighted by atomic mass is 9.82. The highest BCUT2D eigenvalue weighted by molar-refractivity contribution is 14.1. The van der Waals surface area contributed by atoms with Crippen molar-refractivity contribution in [3.05, 3.63) is 21.3 Å². The number of hydrogen-bond donors (Lipinski definition) is 0. The van der Waals surface area contributed by atoms with Gasteiger partial charge in [-0.15, -0.1) is 0 Å². The molecule has 0 heterocycles. The zero-order valence-corrected chi connectivity index (χ0v) is 9.60. The van der Waals surface area contributed by atoms with Gasteiger partial charge in [0.05, 0.1) is 0 Å². The molecule has 0 aliphatic heterocycles. The molecule has 0 bridgehead atoms. The Balaban J connectivity index is 2.77. The Morgan fingerprint density at radius 3 is 2.18 bits per heavy atom. The third-order valence-electron chi connectivity index (χ3n) is 2.06. The summed E-state index contributed by atoms with van der Waals surface area (Å²) in [6, 6.07) is 0. The van der Waals surface area contributed by atoms with Crippen LogP contribution in [0.1, 0.15) is 33.6 Å². The molecule has 0 saturated carbocycles. The molecule has 0 atom stereocenters. The van der Waals surface area contributed by atoms with Gasteiger partial charge in [0, 0.05) is 0 Å². The molecule has 0 aromatic carbocycles. The Bertz CT molecular complexity index is 203. The maximum atomic E-state index is 2.41. The second-order valence-electron chi connectivity index (χ2n) is 4.06. The largest absolute Gasteiger partial charge is 0.0645 e. The Morgan fingerprint density at radius 2 is 1.82 bits per heavy atom. The predicted molar refractivity (Wildman–Crippen MR) is 58.9 cm³/mol. The molecule has 1 heteroatoms. The quantitative estimate of drug-likeness (QED) is 0.577. The van der Waals surface area contributed by atoms with Gasteiger partial charge in [-0.05, 0) is 44.4 Å². The summed E-state index contributed by atoms with van der Waals surface area (Å²) < 4.78 is 1.48. The Hall–Kier alpha value is 0.210. The average molecular weight is 262 g/mol. The maximum absolute atomic E-state index is 2.41. The first-order valence-corrected chi connectivity index (χ1v) is 5.14. The van der Waals surface area contributed by atoms with Gasteiger partial charge in [0.25, 0.3) is 0 Å². The Labute approximate surface area is 82.9 Å². The smallest absolute Gasteiger partial charge is 0.00909 e. The predicted octanol–water partition coefficient (Wildman–Crippen LogP) is 4.07. The molecule has 0 saturated heterocycles. The van der Waals surface area contributed by atoms with Gasteiger partial charge in [-0.3, -0.25) is 0 Å². The summed E-state index contributed by atoms with van der Waals surface area (Å²) in [6.45, 7) is 6.85. The average Bonchev–Trinajstić information content (AvgIpc) is 1.86. The van der Waals surface area contributed by atoms with Gasteiger partial charge < -0.3 is 0 Å². The summed E-state index contributed by atoms with van der Waals surface area (Å²) in [4.78, 5) is 0. The highest BCUT2D eigenvalue weighted by Crippen LogP contribution is 2.34. The lowest BCUT2D eigenvalue weighted by molar-refractivity contribution is 0.481. The highest BCUT2D eigenvalue weighted by atomic mass is 127. The van der Waals surface area contributed by atoms with Gasteiger partial charge in [-0.1, -0.05) is 38.5 Å². The van der Waals surface area contributed by atoms with Gasteiger partial charge in [-0.2, -0.15) is 0 Å². The lowest BCUT2D eigenvalue weighted by Crippen LogP contribution is -2.10. The summed E-state index contributed by atoms with van der Waals surface area (Å²) in [5, 5.41) is 0. The normalized spacial score (nSPS) is 19.3. The zero-order chi connectivity index (χ0) is 8.48. The molecule has 0 aromatic rings. The van der Waals surface area contributed by atoms with Crippen LogP contribution in [0.25, 0.3) is 0 Å². The molecular weight excluding hydrogens is 247 g/mol. The van der Waals surface area contributed by atoms with Crippen molar-refractivity contribution in [2.24, 2.45) is 5.41 Å². The van der Waals surface area contributed by atoms with Crippen LogP contribution in [-0.2, 0) is 0 Å². The van der Waals surface area contributed by atoms with Crippen molar-refractivity contribution in [1.82, 2.24) is 0 Å². The standard InChI is InChI=1S/C10H15I/c1-10(2,3)8-4-6-9(11)7-5-8/h4,6H,5,7H2,1-3H3. The van der Waals surface area contributed by atoms with Crippen molar-refractivity contribution in [3.63, 3.8) is 0 Å². The molecule has 1 aliphatic carbocycles. The van der Waals surface area contributed by atoms with Crippen LogP contribution in [0.2, 0.25) is 0 Å². The van der Waals surface area contributed by atoms with Gasteiger partial charge in [0.1, 0.15) is 0 Å². The van der Waals surface area contributed by atoms with Gasteiger partial charge in [0.2, 0.25) is 0 Å². The summed E-state index contributed by atoms with van der Waals surface area (Å²) >= 11 is 2.41. The molecule has 1 aliphatic rings. The summed E-state index contributed by atoms with van der Waals surface area (Å²) in [6.07, 6.45) is 7.01. The molecule has 0 nitrogen and oxygen atoms in total. The van der Waals surface area contributed by atoms with E-state index in [9.17, 15) is 0 Å². The number of allylic oxidation sites excluding steroid dienone is 4. The summed E-state index contributed by atoms with van der Waals surface area (Å²) in [7, 11) is 0. The third-order valence-corrected chi connectivity index (χ3v) is 2.96. The van der Waals surface area contributed by atoms with Crippen LogP contribution in [0.5, 0.6) is 0 Å². The van der Waals surface area contributed by atoms with Crippen molar-refractivity contribution in [3.8, 4) is 0 Å². The minimum Gasteiger partial charge on any atom is -0.0645 e. The van der Waals surface area contributed by atoms with E-state index in [2.05, 4.69) is 55.5 Å². The van der Waals surface area contributed by atoms with E-state index in [1.54, 1.807) is 5.57 Å². The first-order chi connectivity index (χ1) is 5.00. The fourth-order valence-electron chi connectivity index (χ4n) is 1.24. The van der Waals surface area contributed by atoms with Crippen molar-refractivity contribution in [1.29, 1.82) is 0 Å². The molecule has 0 fully saturated rings. The van der Waals surface area contributed by atoms with Crippen LogP contribution >= 0.6 is 22.6 Å². The van der Waals surface area contributed by atoms with Gasteiger partial charge in [0.15, 0.2) is 0 Å². The van der Waals surface area contributed by atoms with Crippen LogP contribution in [0.4, 0.5) is 0 Å². The van der Waals surface area contributed by atoms with E-state index in [0.29, 0.717) is 5.41 Å². The molecule has 0 radical (unpaired) electrons. The van der Waals surface area contributed by atoms with Crippen molar-refractivity contribution >= 4 is 22.6 Å². The van der Waals surface area contributed by atoms with Crippen LogP contribution < -0.4 is 0 Å². The maximum Gasteiger partial charge on any atom is -0.00909 e. The molecule has 62 valence electrons. The Kier molecular flexibility index (Phi) is 2.79. The first kappa shape index (κ1) is 9.30. The van der Waals surface area contributed by atoms with E-state index in [0.717, 1.165) is 0 Å². The van der Waals surface area contributed by atoms with Gasteiger partial charge >= 0.3 is 0 Å². The van der Waals surface area contributed by atoms with Crippen molar-refractivity contribution in [2.75, 3.05) is 0 Å². The number of rotatable bonds is 0. The molecule has 1 rings (SSSR count). The van der Waals surface area contributed by atoms with E-state index in [-0.39, 0.29) is 0 Å². The molecule has 0 amide bonds. The molecular formula is C10H15I. The topological polar surface area (TPSA) is 0 Å². The first-order valence-electron chi connectivity index (χ1n) is 4.06. The van der Waals surface area contributed by atoms with Crippen LogP contribution in [0, 0.1) is 5.41 Å². The second-order valence-corrected chi connectivity index (χ2v) is 5.44. The molecule has 11 heavy (non-hydrogen) atoms.